The summed E-state index contributed by atoms with van der Waals surface area (Å²) in [5.74, 6) is 0. The van der Waals surface area contributed by atoms with Gasteiger partial charge in [0.15, 0.2) is 27.4 Å². The summed E-state index contributed by atoms with van der Waals surface area (Å²) < 4.78 is 247. The highest BCUT2D eigenvalue weighted by Gasteiger charge is 2.67. The van der Waals surface area contributed by atoms with Crippen LogP contribution >= 0.6 is 0 Å². The monoisotopic (exact) mass is 1000 g/mol. The number of hydrogen-bond acceptors (Lipinski definition) is 14. The normalized spacial score (nSPS) is 11.5. The molecule has 0 aliphatic carbocycles. The van der Waals surface area contributed by atoms with Crippen LogP contribution in [0.25, 0.3) is 0 Å². The maximum Gasteiger partial charge on any atom is 0.492 e. The van der Waals surface area contributed by atoms with Gasteiger partial charge in [0.25, 0.3) is 0 Å². The number of rotatable bonds is 22. The molecular formula is C28H64F20O14. The van der Waals surface area contributed by atoms with Gasteiger partial charge < -0.3 is 40.1 Å². The summed E-state index contributed by atoms with van der Waals surface area (Å²) in [5.41, 5.74) is 0. The Hall–Kier alpha value is -1.96. The Balaban J connectivity index is -0.0000000385. The Bertz CT molecular complexity index is 763. The third-order valence-corrected chi connectivity index (χ3v) is 3.24. The molecule has 14 nitrogen and oxygen atoms in total. The third-order valence-electron chi connectivity index (χ3n) is 3.24. The predicted octanol–water partition coefficient (Wildman–Crippen LogP) is 8.72. The zero-order valence-electron chi connectivity index (χ0n) is 26.1. The Kier molecular flexibility index (Phi) is 87.9. The first-order chi connectivity index (χ1) is 24.6. The fraction of sp³-hybridized carbons (Fsp3) is 1.00. The predicted molar refractivity (Wildman–Crippen MR) is 180 cm³/mol. The lowest BCUT2D eigenvalue weighted by molar-refractivity contribution is -0.548. The molecular weight excluding hydrogens is 940 g/mol. The number of hydrogen-bond donors (Lipinski definition) is 6. The molecule has 0 amide bonds. The van der Waals surface area contributed by atoms with Gasteiger partial charge in [0, 0.05) is 0 Å². The van der Waals surface area contributed by atoms with Crippen molar-refractivity contribution in [2.24, 2.45) is 0 Å². The summed E-state index contributed by atoms with van der Waals surface area (Å²) in [5, 5.41) is 47.8. The Morgan fingerprint density at radius 1 is 0.419 bits per heavy atom. The summed E-state index contributed by atoms with van der Waals surface area (Å²) in [6, 6.07) is 0. The van der Waals surface area contributed by atoms with E-state index in [0.717, 1.165) is 0 Å². The van der Waals surface area contributed by atoms with E-state index in [1.54, 1.807) is 0 Å². The van der Waals surface area contributed by atoms with Crippen molar-refractivity contribution in [3.8, 4) is 0 Å². The molecule has 0 aliphatic rings. The summed E-state index contributed by atoms with van der Waals surface area (Å²) in [4.78, 5) is 2.87. The number of halogens is 20. The highest BCUT2D eigenvalue weighted by atomic mass is 19.4. The molecule has 34 heteroatoms. The fourth-order valence-electron chi connectivity index (χ4n) is 1.25. The van der Waals surface area contributed by atoms with E-state index in [2.05, 4.69) is 28.4 Å². The van der Waals surface area contributed by atoms with Gasteiger partial charge in [-0.2, -0.15) is 35.1 Å². The minimum Gasteiger partial charge on any atom is -0.394 e. The molecule has 0 heterocycles. The number of aliphatic hydroxyl groups excluding tert-OH is 6. The minimum absolute atomic E-state index is 0. The van der Waals surface area contributed by atoms with E-state index >= 15 is 0 Å². The second-order valence-electron chi connectivity index (χ2n) is 7.31. The molecule has 0 saturated carbocycles. The Morgan fingerprint density at radius 2 is 0.677 bits per heavy atom. The molecule has 0 aliphatic heterocycles. The number of alkyl halides is 18. The van der Waals surface area contributed by atoms with Gasteiger partial charge >= 0.3 is 37.0 Å². The fourth-order valence-corrected chi connectivity index (χ4v) is 1.25. The van der Waals surface area contributed by atoms with Crippen molar-refractivity contribution >= 4 is 0 Å². The van der Waals surface area contributed by atoms with E-state index in [4.69, 9.17) is 30.6 Å². The van der Waals surface area contributed by atoms with Gasteiger partial charge in [-0.05, 0) is 9.05 Å². The van der Waals surface area contributed by atoms with E-state index in [1.807, 2.05) is 0 Å². The van der Waals surface area contributed by atoms with Crippen molar-refractivity contribution in [2.45, 2.75) is 109 Å². The molecule has 400 valence electrons. The quantitative estimate of drug-likeness (QED) is 0.0342. The molecule has 0 rings (SSSR count). The van der Waals surface area contributed by atoms with Crippen molar-refractivity contribution in [2.75, 3.05) is 80.4 Å². The standard InChI is InChI=1S/C5H11FO3.2C4H2F8O3.C4H9FO3.C2H5FO.CH3FO.8CH4/c6-1-2-9-4-5(8)3-7;2*5-1-13-4(10,11)14-2(6,7)3(8,9)15-12;5-3-8-2-4(7)1-6;3-1-2-4;2-1-3;;;;;;;;/h5,7-8H,1-4H2;2*1H2;4,6-7H,1-3H2;4H,1-2H2;3H,1H2;8*1H4. The van der Waals surface area contributed by atoms with Gasteiger partial charge in [-0.1, -0.05) is 59.4 Å². The van der Waals surface area contributed by atoms with Gasteiger partial charge in [-0.25, -0.2) is 35.8 Å². The largest absolute Gasteiger partial charge is 0.492 e. The molecule has 6 N–H and O–H groups in total. The van der Waals surface area contributed by atoms with Crippen molar-refractivity contribution in [3.05, 3.63) is 0 Å². The van der Waals surface area contributed by atoms with Crippen LogP contribution in [-0.2, 0) is 38.3 Å². The highest BCUT2D eigenvalue weighted by molar-refractivity contribution is 4.66. The van der Waals surface area contributed by atoms with Crippen LogP contribution in [0.3, 0.4) is 0 Å². The van der Waals surface area contributed by atoms with Gasteiger partial charge in [0.05, 0.1) is 39.6 Å². The summed E-state index contributed by atoms with van der Waals surface area (Å²) in [7, 11) is 0. The van der Waals surface area contributed by atoms with Crippen LogP contribution < -0.4 is 0 Å². The van der Waals surface area contributed by atoms with E-state index in [1.165, 1.54) is 9.88 Å². The minimum atomic E-state index is -6.04. The zero-order valence-corrected chi connectivity index (χ0v) is 26.1. The molecule has 0 spiro atoms. The average molecular weight is 1000 g/mol. The van der Waals surface area contributed by atoms with Crippen LogP contribution in [0.1, 0.15) is 59.4 Å². The summed E-state index contributed by atoms with van der Waals surface area (Å²) in [6.45, 7) is -9.16. The molecule has 2 atom stereocenters. The average Bonchev–Trinajstić information content (AvgIpc) is 3.07. The second kappa shape index (κ2) is 55.2. The maximum atomic E-state index is 12.0. The molecule has 0 aromatic carbocycles. The Morgan fingerprint density at radius 3 is 0.855 bits per heavy atom. The van der Waals surface area contributed by atoms with Gasteiger partial charge in [0.2, 0.25) is 0 Å². The van der Waals surface area contributed by atoms with Crippen LogP contribution in [0.2, 0.25) is 0 Å². The van der Waals surface area contributed by atoms with Crippen molar-refractivity contribution in [1.29, 1.82) is 0 Å². The lowest BCUT2D eigenvalue weighted by atomic mass is 10.4. The van der Waals surface area contributed by atoms with E-state index in [-0.39, 0.29) is 99.1 Å². The molecule has 2 unspecified atom stereocenters. The van der Waals surface area contributed by atoms with Gasteiger partial charge in [-0.3, -0.25) is 9.47 Å². The van der Waals surface area contributed by atoms with E-state index < -0.39 is 90.0 Å². The third kappa shape index (κ3) is 60.1. The van der Waals surface area contributed by atoms with Crippen LogP contribution in [0.4, 0.5) is 88.1 Å². The smallest absolute Gasteiger partial charge is 0.394 e. The van der Waals surface area contributed by atoms with Crippen LogP contribution in [0.5, 0.6) is 0 Å². The van der Waals surface area contributed by atoms with Crippen LogP contribution in [0.15, 0.2) is 0 Å². The first-order valence-electron chi connectivity index (χ1n) is 12.5. The first kappa shape index (κ1) is 98.7. The molecule has 0 radical (unpaired) electrons. The second-order valence-corrected chi connectivity index (χ2v) is 7.31. The molecule has 0 fully saturated rings. The van der Waals surface area contributed by atoms with Gasteiger partial charge in [0.1, 0.15) is 25.6 Å². The number of ether oxygens (including phenoxy) is 6. The SMILES string of the molecule is C.C.C.C.C.C.C.C.FCOC(F)(F)OC(F)(F)C(F)(F)OF.FCOC(F)(F)OC(F)(F)C(F)(F)OF.OCC(O)COCCF.OCC(O)COCF.OCCF.OCF. The molecule has 0 aromatic heterocycles. The molecule has 0 saturated heterocycles. The van der Waals surface area contributed by atoms with E-state index in [9.17, 15) is 88.1 Å². The van der Waals surface area contributed by atoms with Gasteiger partial charge in [-0.15, -0.1) is 27.4 Å². The first-order valence-corrected chi connectivity index (χ1v) is 12.5. The summed E-state index contributed by atoms with van der Waals surface area (Å²) in [6.07, 6.45) is -36.6. The molecule has 0 aromatic rings. The molecule has 0 bridgehead atoms. The molecule has 62 heavy (non-hydrogen) atoms. The van der Waals surface area contributed by atoms with Crippen molar-refractivity contribution < 1.29 is 157 Å². The van der Waals surface area contributed by atoms with Crippen LogP contribution in [-0.4, -0.2) is 160 Å². The lowest BCUT2D eigenvalue weighted by Gasteiger charge is -2.25. The topological polar surface area (TPSA) is 195 Å². The highest BCUT2D eigenvalue weighted by Crippen LogP contribution is 2.41. The van der Waals surface area contributed by atoms with Crippen molar-refractivity contribution in [1.82, 2.24) is 0 Å². The van der Waals surface area contributed by atoms with E-state index in [0.29, 0.717) is 0 Å². The number of aliphatic hydroxyl groups is 6. The zero-order chi connectivity index (χ0) is 44.3. The lowest BCUT2D eigenvalue weighted by Crippen LogP contribution is -2.48. The maximum absolute atomic E-state index is 12.0. The summed E-state index contributed by atoms with van der Waals surface area (Å²) >= 11 is 0. The van der Waals surface area contributed by atoms with Crippen LogP contribution in [0, 0.1) is 0 Å². The Labute approximate surface area is 346 Å². The van der Waals surface area contributed by atoms with Crippen molar-refractivity contribution in [3.63, 3.8) is 0 Å².